The molecule has 0 aliphatic carbocycles. The van der Waals surface area contributed by atoms with E-state index < -0.39 is 17.7 Å². The van der Waals surface area contributed by atoms with Crippen LogP contribution in [0.3, 0.4) is 0 Å². The zero-order valence-corrected chi connectivity index (χ0v) is 37.6. The molecule has 0 N–H and O–H groups in total. The van der Waals surface area contributed by atoms with Crippen molar-refractivity contribution in [3.05, 3.63) is 199 Å². The second-order valence-electron chi connectivity index (χ2n) is 17.5. The van der Waals surface area contributed by atoms with Gasteiger partial charge in [0.1, 0.15) is 0 Å². The van der Waals surface area contributed by atoms with E-state index in [0.29, 0.717) is 17.1 Å². The van der Waals surface area contributed by atoms with E-state index >= 15 is 0 Å². The first-order valence-corrected chi connectivity index (χ1v) is 22.6. The lowest BCUT2D eigenvalue weighted by Crippen LogP contribution is -2.31. The average Bonchev–Trinajstić information content (AvgIpc) is 4.23. The van der Waals surface area contributed by atoms with Gasteiger partial charge in [-0.15, -0.1) is 0 Å². The van der Waals surface area contributed by atoms with Gasteiger partial charge in [0.05, 0.1) is 51.7 Å². The number of hydrogen-bond donors (Lipinski definition) is 0. The molecule has 0 unspecified atom stereocenters. The zero-order valence-electron chi connectivity index (χ0n) is 37.6. The van der Waals surface area contributed by atoms with E-state index in [-0.39, 0.29) is 16.7 Å². The van der Waals surface area contributed by atoms with Gasteiger partial charge in [0.25, 0.3) is 17.7 Å². The lowest BCUT2D eigenvalue weighted by molar-refractivity contribution is 0.0992. The summed E-state index contributed by atoms with van der Waals surface area (Å²) in [4.78, 5) is 49.4. The molecule has 69 heavy (non-hydrogen) atoms. The van der Waals surface area contributed by atoms with Crippen molar-refractivity contribution in [2.75, 3.05) is 35.8 Å². The number of fused-ring (bicyclic) bond motifs is 18. The second kappa shape index (κ2) is 15.1. The van der Waals surface area contributed by atoms with Crippen LogP contribution in [0.5, 0.6) is 0 Å². The average molecular weight is 898 g/mol. The third-order valence-electron chi connectivity index (χ3n) is 13.8. The van der Waals surface area contributed by atoms with Gasteiger partial charge in [-0.05, 0) is 107 Å². The summed E-state index contributed by atoms with van der Waals surface area (Å²) in [6.45, 7) is 0. The van der Waals surface area contributed by atoms with Crippen molar-refractivity contribution in [1.82, 2.24) is 28.8 Å². The Morgan fingerprint density at radius 2 is 0.580 bits per heavy atom. The highest BCUT2D eigenvalue weighted by molar-refractivity contribution is 6.19. The minimum Gasteiger partial charge on any atom is -0.311 e. The third-order valence-corrected chi connectivity index (χ3v) is 13.8. The van der Waals surface area contributed by atoms with Crippen LogP contribution in [-0.2, 0) is 0 Å². The highest BCUT2D eigenvalue weighted by Gasteiger charge is 2.25. The molecule has 13 rings (SSSR count). The lowest BCUT2D eigenvalue weighted by Gasteiger charge is -2.23. The van der Waals surface area contributed by atoms with Crippen LogP contribution in [0.15, 0.2) is 182 Å². The predicted octanol–water partition coefficient (Wildman–Crippen LogP) is 11.4. The van der Waals surface area contributed by atoms with E-state index in [0.717, 1.165) is 81.6 Å². The van der Waals surface area contributed by atoms with Crippen molar-refractivity contribution in [2.24, 2.45) is 0 Å². The van der Waals surface area contributed by atoms with Gasteiger partial charge in [-0.3, -0.25) is 14.4 Å². The number of anilines is 3. The summed E-state index contributed by atoms with van der Waals surface area (Å²) < 4.78 is 5.74. The molecule has 6 heterocycles. The molecule has 7 aromatic carbocycles. The Bertz CT molecular complexity index is 3900. The molecule has 0 aliphatic rings. The van der Waals surface area contributed by atoms with E-state index in [1.807, 2.05) is 123 Å². The van der Waals surface area contributed by atoms with Crippen LogP contribution in [0.2, 0.25) is 0 Å². The standard InChI is InChI=1S/C57H39N9O3/c1-61(37-16-19-49-46(31-37)40-10-4-7-13-43(40)52-22-25-58-64(49)52)55(67)34-28-35(56(68)62(2)38-17-20-50-47(32-38)41-11-5-8-14-44(41)53-23-26-59-65(50)53)30-36(29-34)57(69)63(3)39-18-21-51-48(33-39)42-12-6-9-15-45(42)54-24-27-60-66(51)54/h4-33H,1-3H3. The molecule has 0 bridgehead atoms. The normalized spacial score (nSPS) is 11.9. The van der Waals surface area contributed by atoms with Gasteiger partial charge in [0.2, 0.25) is 0 Å². The second-order valence-corrected chi connectivity index (χ2v) is 17.5. The molecular formula is C57H39N9O3. The van der Waals surface area contributed by atoms with Crippen LogP contribution in [0.1, 0.15) is 31.1 Å². The summed E-state index contributed by atoms with van der Waals surface area (Å²) in [7, 11) is 5.12. The van der Waals surface area contributed by atoms with Crippen molar-refractivity contribution >= 4 is 116 Å². The van der Waals surface area contributed by atoms with Gasteiger partial charge in [0, 0.05) is 87.2 Å². The van der Waals surface area contributed by atoms with Crippen LogP contribution in [-0.4, -0.2) is 67.7 Å². The SMILES string of the molecule is CN(C(=O)c1cc(C(=O)N(C)c2ccc3c(c2)c2ccccc2c2ccnn23)cc(C(=O)N(C)c2ccc3c(c2)c2ccccc2c2ccnn23)c1)c1ccc2c(c1)c1ccccc1c1ccnn12. The maximum Gasteiger partial charge on any atom is 0.258 e. The minimum atomic E-state index is -0.395. The van der Waals surface area contributed by atoms with E-state index in [1.54, 1.807) is 72.6 Å². The molecule has 6 aromatic heterocycles. The smallest absolute Gasteiger partial charge is 0.258 e. The summed E-state index contributed by atoms with van der Waals surface area (Å²) in [6, 6.07) is 52.7. The van der Waals surface area contributed by atoms with Crippen molar-refractivity contribution < 1.29 is 14.4 Å². The van der Waals surface area contributed by atoms with Gasteiger partial charge in [0.15, 0.2) is 0 Å². The Kier molecular flexibility index (Phi) is 8.71. The minimum absolute atomic E-state index is 0.178. The number of pyridine rings is 3. The number of carbonyl (C=O) groups excluding carboxylic acids is 3. The van der Waals surface area contributed by atoms with E-state index in [2.05, 4.69) is 51.7 Å². The monoisotopic (exact) mass is 897 g/mol. The summed E-state index contributed by atoms with van der Waals surface area (Å²) in [5.74, 6) is -1.18. The highest BCUT2D eigenvalue weighted by atomic mass is 16.2. The molecule has 12 nitrogen and oxygen atoms in total. The molecule has 13 aromatic rings. The van der Waals surface area contributed by atoms with Crippen LogP contribution in [0.25, 0.3) is 81.6 Å². The van der Waals surface area contributed by atoms with Gasteiger partial charge < -0.3 is 14.7 Å². The molecule has 12 heteroatoms. The van der Waals surface area contributed by atoms with Gasteiger partial charge in [-0.1, -0.05) is 72.8 Å². The molecule has 0 fully saturated rings. The number of benzene rings is 7. The molecule has 0 saturated carbocycles. The molecular weight excluding hydrogens is 859 g/mol. The Hall–Kier alpha value is -9.42. The summed E-state index contributed by atoms with van der Waals surface area (Å²) >= 11 is 0. The fraction of sp³-hybridized carbons (Fsp3) is 0.0526. The summed E-state index contributed by atoms with van der Waals surface area (Å²) in [5, 5.41) is 22.8. The van der Waals surface area contributed by atoms with Crippen LogP contribution < -0.4 is 14.7 Å². The molecule has 330 valence electrons. The van der Waals surface area contributed by atoms with Gasteiger partial charge >= 0.3 is 0 Å². The largest absolute Gasteiger partial charge is 0.311 e. The fourth-order valence-corrected chi connectivity index (χ4v) is 10.3. The maximum atomic E-state index is 14.9. The molecule has 0 aliphatic heterocycles. The Labute approximate surface area is 393 Å². The first-order valence-electron chi connectivity index (χ1n) is 22.6. The molecule has 3 amide bonds. The first-order chi connectivity index (χ1) is 33.7. The van der Waals surface area contributed by atoms with E-state index in [4.69, 9.17) is 0 Å². The first kappa shape index (κ1) is 39.9. The summed E-state index contributed by atoms with van der Waals surface area (Å²) in [6.07, 6.45) is 5.36. The predicted molar refractivity (Wildman–Crippen MR) is 275 cm³/mol. The topological polar surface area (TPSA) is 113 Å². The Morgan fingerprint density at radius 1 is 0.319 bits per heavy atom. The number of amides is 3. The number of nitrogens with zero attached hydrogens (tertiary/aromatic N) is 9. The number of hydrogen-bond acceptors (Lipinski definition) is 6. The maximum absolute atomic E-state index is 14.9. The van der Waals surface area contributed by atoms with E-state index in [1.165, 1.54) is 0 Å². The Balaban J connectivity index is 0.918. The number of carbonyl (C=O) groups is 3. The lowest BCUT2D eigenvalue weighted by atomic mass is 10.0. The highest BCUT2D eigenvalue weighted by Crippen LogP contribution is 2.36. The van der Waals surface area contributed by atoms with Crippen LogP contribution >= 0.6 is 0 Å². The van der Waals surface area contributed by atoms with Gasteiger partial charge in [-0.25, -0.2) is 13.5 Å². The molecule has 0 spiro atoms. The molecule has 0 radical (unpaired) electrons. The number of aromatic nitrogens is 6. The van der Waals surface area contributed by atoms with Crippen molar-refractivity contribution in [3.63, 3.8) is 0 Å². The quantitative estimate of drug-likeness (QED) is 0.154. The van der Waals surface area contributed by atoms with Crippen LogP contribution in [0.4, 0.5) is 17.1 Å². The van der Waals surface area contributed by atoms with Gasteiger partial charge in [-0.2, -0.15) is 15.3 Å². The zero-order chi connectivity index (χ0) is 46.7. The fourth-order valence-electron chi connectivity index (χ4n) is 10.3. The molecule has 0 saturated heterocycles. The van der Waals surface area contributed by atoms with Crippen molar-refractivity contribution in [1.29, 1.82) is 0 Å². The van der Waals surface area contributed by atoms with E-state index in [9.17, 15) is 14.4 Å². The van der Waals surface area contributed by atoms with Crippen molar-refractivity contribution in [3.8, 4) is 0 Å². The third kappa shape index (κ3) is 6.01. The Morgan fingerprint density at radius 3 is 0.870 bits per heavy atom. The number of rotatable bonds is 6. The molecule has 0 atom stereocenters. The van der Waals surface area contributed by atoms with Crippen molar-refractivity contribution in [2.45, 2.75) is 0 Å². The van der Waals surface area contributed by atoms with Crippen LogP contribution in [0, 0.1) is 0 Å². The summed E-state index contributed by atoms with van der Waals surface area (Å²) in [5.41, 5.74) is 8.10.